The number of hydrogen-bond donors (Lipinski definition) is 0. The summed E-state index contributed by atoms with van der Waals surface area (Å²) in [5.41, 5.74) is 1.95. The molecule has 3 aliphatic carbocycles. The van der Waals surface area contributed by atoms with Gasteiger partial charge in [0.05, 0.1) is 0 Å². The van der Waals surface area contributed by atoms with Crippen LogP contribution in [0.3, 0.4) is 0 Å². The fraction of sp³-hybridized carbons (Fsp3) is 1.00. The van der Waals surface area contributed by atoms with Crippen LogP contribution >= 0.6 is 0 Å². The van der Waals surface area contributed by atoms with Gasteiger partial charge in [0, 0.05) is 13.1 Å². The van der Waals surface area contributed by atoms with Crippen molar-refractivity contribution in [3.63, 3.8) is 0 Å². The van der Waals surface area contributed by atoms with Crippen molar-refractivity contribution < 1.29 is 0 Å². The van der Waals surface area contributed by atoms with Crippen LogP contribution in [-0.2, 0) is 0 Å². The summed E-state index contributed by atoms with van der Waals surface area (Å²) in [6, 6.07) is 0. The Morgan fingerprint density at radius 2 is 1.75 bits per heavy atom. The summed E-state index contributed by atoms with van der Waals surface area (Å²) in [5, 5.41) is 0. The standard InChI is InChI=1S/C19H33N/c1-17(2)16-6-7-18(17,3)14-20(13-16)11-10-19-8-4-15(12-19)5-9-19/h15-16H,4-14H2,1-3H3/t15?,16?,18-,19?/m1/s1. The molecule has 114 valence electrons. The third-order valence-electron chi connectivity index (χ3n) is 8.52. The lowest BCUT2D eigenvalue weighted by molar-refractivity contribution is -0.0219. The Labute approximate surface area is 125 Å². The lowest BCUT2D eigenvalue weighted by atomic mass is 9.63. The minimum Gasteiger partial charge on any atom is -0.302 e. The maximum atomic E-state index is 2.85. The minimum absolute atomic E-state index is 0.577. The first-order valence-electron chi connectivity index (χ1n) is 9.15. The lowest BCUT2D eigenvalue weighted by Gasteiger charge is -2.51. The Morgan fingerprint density at radius 3 is 2.35 bits per heavy atom. The molecule has 4 bridgehead atoms. The smallest absolute Gasteiger partial charge is 0.00407 e. The van der Waals surface area contributed by atoms with Crippen molar-refractivity contribution in [1.29, 1.82) is 0 Å². The molecule has 4 fully saturated rings. The molecule has 1 aliphatic heterocycles. The molecule has 0 N–H and O–H groups in total. The van der Waals surface area contributed by atoms with Gasteiger partial charge in [-0.15, -0.1) is 0 Å². The van der Waals surface area contributed by atoms with Crippen molar-refractivity contribution in [2.75, 3.05) is 19.6 Å². The minimum atomic E-state index is 0.577. The van der Waals surface area contributed by atoms with E-state index in [0.29, 0.717) is 10.8 Å². The van der Waals surface area contributed by atoms with Crippen LogP contribution in [0.2, 0.25) is 0 Å². The Bertz CT molecular complexity index is 391. The van der Waals surface area contributed by atoms with Gasteiger partial charge in [0.2, 0.25) is 0 Å². The highest BCUT2D eigenvalue weighted by atomic mass is 15.2. The van der Waals surface area contributed by atoms with Gasteiger partial charge in [0.15, 0.2) is 0 Å². The van der Waals surface area contributed by atoms with E-state index in [9.17, 15) is 0 Å². The summed E-state index contributed by atoms with van der Waals surface area (Å²) < 4.78 is 0. The normalized spacial score (nSPS) is 50.0. The maximum Gasteiger partial charge on any atom is 0.00407 e. The Hall–Kier alpha value is -0.0400. The zero-order valence-corrected chi connectivity index (χ0v) is 13.9. The number of nitrogens with zero attached hydrogens (tertiary/aromatic N) is 1. The number of rotatable bonds is 3. The van der Waals surface area contributed by atoms with E-state index in [-0.39, 0.29) is 0 Å². The molecular weight excluding hydrogens is 242 g/mol. The topological polar surface area (TPSA) is 3.24 Å². The quantitative estimate of drug-likeness (QED) is 0.720. The van der Waals surface area contributed by atoms with Gasteiger partial charge >= 0.3 is 0 Å². The van der Waals surface area contributed by atoms with Crippen molar-refractivity contribution in [2.45, 2.75) is 72.1 Å². The molecule has 0 aromatic rings. The third-order valence-corrected chi connectivity index (χ3v) is 8.52. The lowest BCUT2D eigenvalue weighted by Crippen LogP contribution is -2.52. The van der Waals surface area contributed by atoms with Crippen LogP contribution in [0.1, 0.15) is 72.1 Å². The van der Waals surface area contributed by atoms with Gasteiger partial charge in [-0.2, -0.15) is 0 Å². The van der Waals surface area contributed by atoms with Crippen molar-refractivity contribution in [2.24, 2.45) is 28.1 Å². The average molecular weight is 275 g/mol. The molecule has 0 aromatic carbocycles. The van der Waals surface area contributed by atoms with Crippen LogP contribution in [0.4, 0.5) is 0 Å². The molecule has 4 rings (SSSR count). The zero-order chi connectivity index (χ0) is 14.0. The SMILES string of the molecule is CC1(C)C2CC[C@]1(C)CN(CCC13CCC(CC1)C3)C2. The highest BCUT2D eigenvalue weighted by Crippen LogP contribution is 2.60. The van der Waals surface area contributed by atoms with Gasteiger partial charge in [0.25, 0.3) is 0 Å². The average Bonchev–Trinajstić information content (AvgIpc) is 3.01. The predicted molar refractivity (Wildman–Crippen MR) is 84.7 cm³/mol. The molecule has 1 unspecified atom stereocenters. The van der Waals surface area contributed by atoms with Gasteiger partial charge in [-0.3, -0.25) is 0 Å². The number of piperidine rings is 1. The maximum absolute atomic E-state index is 2.85. The molecule has 1 heteroatoms. The number of hydrogen-bond acceptors (Lipinski definition) is 1. The van der Waals surface area contributed by atoms with Gasteiger partial charge < -0.3 is 4.90 Å². The van der Waals surface area contributed by atoms with E-state index in [1.54, 1.807) is 32.1 Å². The van der Waals surface area contributed by atoms with Crippen molar-refractivity contribution >= 4 is 0 Å². The van der Waals surface area contributed by atoms with Crippen molar-refractivity contribution in [3.05, 3.63) is 0 Å². The van der Waals surface area contributed by atoms with E-state index in [1.807, 2.05) is 0 Å². The fourth-order valence-electron chi connectivity index (χ4n) is 6.37. The predicted octanol–water partition coefficient (Wildman–Crippen LogP) is 4.71. The molecule has 0 amide bonds. The molecule has 0 radical (unpaired) electrons. The van der Waals surface area contributed by atoms with Crippen LogP contribution < -0.4 is 0 Å². The van der Waals surface area contributed by atoms with Gasteiger partial charge in [-0.05, 0) is 86.0 Å². The van der Waals surface area contributed by atoms with Crippen LogP contribution in [0, 0.1) is 28.1 Å². The van der Waals surface area contributed by atoms with Gasteiger partial charge in [-0.1, -0.05) is 20.8 Å². The molecule has 4 aliphatic rings. The molecule has 1 nitrogen and oxygen atoms in total. The van der Waals surface area contributed by atoms with Crippen LogP contribution in [-0.4, -0.2) is 24.5 Å². The molecule has 0 aromatic heterocycles. The van der Waals surface area contributed by atoms with Crippen molar-refractivity contribution in [1.82, 2.24) is 4.90 Å². The summed E-state index contributed by atoms with van der Waals surface area (Å²) in [7, 11) is 0. The fourth-order valence-corrected chi connectivity index (χ4v) is 6.37. The molecule has 2 atom stereocenters. The Balaban J connectivity index is 1.40. The molecular formula is C19H33N. The summed E-state index contributed by atoms with van der Waals surface area (Å²) in [6.07, 6.45) is 12.2. The largest absolute Gasteiger partial charge is 0.302 e. The van der Waals surface area contributed by atoms with E-state index in [4.69, 9.17) is 0 Å². The first-order valence-corrected chi connectivity index (χ1v) is 9.15. The van der Waals surface area contributed by atoms with Crippen LogP contribution in [0.15, 0.2) is 0 Å². The first-order chi connectivity index (χ1) is 9.43. The van der Waals surface area contributed by atoms with Crippen LogP contribution in [0.5, 0.6) is 0 Å². The summed E-state index contributed by atoms with van der Waals surface area (Å²) >= 11 is 0. The highest BCUT2D eigenvalue weighted by Gasteiger charge is 2.55. The first kappa shape index (κ1) is 13.6. The Kier molecular flexibility index (Phi) is 2.89. The van der Waals surface area contributed by atoms with E-state index < -0.39 is 0 Å². The van der Waals surface area contributed by atoms with Crippen LogP contribution in [0.25, 0.3) is 0 Å². The summed E-state index contributed by atoms with van der Waals surface area (Å²) in [5.74, 6) is 2.07. The van der Waals surface area contributed by atoms with E-state index in [2.05, 4.69) is 25.7 Å². The summed E-state index contributed by atoms with van der Waals surface area (Å²) in [6.45, 7) is 11.8. The second kappa shape index (κ2) is 4.24. The monoisotopic (exact) mass is 275 g/mol. The highest BCUT2D eigenvalue weighted by molar-refractivity contribution is 5.06. The molecule has 1 saturated heterocycles. The molecule has 0 spiro atoms. The second-order valence-corrected chi connectivity index (χ2v) is 9.65. The third kappa shape index (κ3) is 1.84. The van der Waals surface area contributed by atoms with E-state index in [1.165, 1.54) is 38.9 Å². The van der Waals surface area contributed by atoms with E-state index >= 15 is 0 Å². The van der Waals surface area contributed by atoms with Gasteiger partial charge in [0.1, 0.15) is 0 Å². The number of likely N-dealkylation sites (tertiary alicyclic amines) is 1. The zero-order valence-electron chi connectivity index (χ0n) is 13.9. The molecule has 1 heterocycles. The number of fused-ring (bicyclic) bond motifs is 4. The molecule has 20 heavy (non-hydrogen) atoms. The Morgan fingerprint density at radius 1 is 1.00 bits per heavy atom. The molecule has 3 saturated carbocycles. The second-order valence-electron chi connectivity index (χ2n) is 9.65. The van der Waals surface area contributed by atoms with Crippen molar-refractivity contribution in [3.8, 4) is 0 Å². The van der Waals surface area contributed by atoms with Gasteiger partial charge in [-0.25, -0.2) is 0 Å². The van der Waals surface area contributed by atoms with E-state index in [0.717, 1.165) is 17.3 Å². The summed E-state index contributed by atoms with van der Waals surface area (Å²) in [4.78, 5) is 2.85.